The minimum atomic E-state index is -0.779. The number of nitrogens with zero attached hydrogens (tertiary/aromatic N) is 3. The topological polar surface area (TPSA) is 112 Å². The molecule has 0 N–H and O–H groups in total. The second-order valence-electron chi connectivity index (χ2n) is 5.84. The number of amides is 1. The second kappa shape index (κ2) is 7.40. The van der Waals surface area contributed by atoms with Gasteiger partial charge in [-0.3, -0.25) is 14.5 Å². The zero-order valence-corrected chi connectivity index (χ0v) is 14.7. The number of hydrogen-bond acceptors (Lipinski definition) is 7. The molecule has 2 aromatic rings. The van der Waals surface area contributed by atoms with Crippen LogP contribution in [0.2, 0.25) is 0 Å². The van der Waals surface area contributed by atoms with Crippen molar-refractivity contribution < 1.29 is 24.0 Å². The van der Waals surface area contributed by atoms with Crippen LogP contribution in [0.4, 0.5) is 11.6 Å². The standard InChI is InChI=1S/C18H17N3O6/c1-3-14-18(23)20(10-13(22)11-5-4-6-12(9-11)26-2)17-15(27-14)7-8-16(19-17)21(24)25/h4-9,14H,3,10H2,1-2H3. The normalized spacial score (nSPS) is 15.7. The maximum atomic E-state index is 12.7. The molecule has 1 aromatic carbocycles. The Morgan fingerprint density at radius 3 is 2.81 bits per heavy atom. The average Bonchev–Trinajstić information content (AvgIpc) is 2.69. The largest absolute Gasteiger partial charge is 0.497 e. The number of nitro groups is 1. The summed E-state index contributed by atoms with van der Waals surface area (Å²) in [6.07, 6.45) is -0.391. The van der Waals surface area contributed by atoms with E-state index in [4.69, 9.17) is 9.47 Å². The van der Waals surface area contributed by atoms with Crippen LogP contribution in [-0.2, 0) is 4.79 Å². The van der Waals surface area contributed by atoms with Crippen molar-refractivity contribution in [1.82, 2.24) is 4.98 Å². The summed E-state index contributed by atoms with van der Waals surface area (Å²) in [4.78, 5) is 40.8. The maximum Gasteiger partial charge on any atom is 0.366 e. The van der Waals surface area contributed by atoms with Gasteiger partial charge in [0.25, 0.3) is 11.7 Å². The number of methoxy groups -OCH3 is 1. The number of fused-ring (bicyclic) bond motifs is 1. The summed E-state index contributed by atoms with van der Waals surface area (Å²) >= 11 is 0. The number of rotatable bonds is 6. The summed E-state index contributed by atoms with van der Waals surface area (Å²) in [7, 11) is 1.49. The van der Waals surface area contributed by atoms with E-state index >= 15 is 0 Å². The summed E-state index contributed by atoms with van der Waals surface area (Å²) in [5.74, 6) is -0.540. The van der Waals surface area contributed by atoms with E-state index in [9.17, 15) is 19.7 Å². The molecule has 0 radical (unpaired) electrons. The van der Waals surface area contributed by atoms with Gasteiger partial charge in [-0.2, -0.15) is 0 Å². The van der Waals surface area contributed by atoms with Gasteiger partial charge in [0.2, 0.25) is 0 Å². The van der Waals surface area contributed by atoms with E-state index in [0.29, 0.717) is 17.7 Å². The summed E-state index contributed by atoms with van der Waals surface area (Å²) in [5, 5.41) is 11.0. The van der Waals surface area contributed by atoms with Gasteiger partial charge >= 0.3 is 5.82 Å². The van der Waals surface area contributed by atoms with Crippen LogP contribution < -0.4 is 14.4 Å². The first-order chi connectivity index (χ1) is 12.9. The number of ether oxygens (including phenoxy) is 2. The summed E-state index contributed by atoms with van der Waals surface area (Å²) < 4.78 is 10.7. The maximum absolute atomic E-state index is 12.7. The Labute approximate surface area is 154 Å². The number of ketones is 1. The molecule has 27 heavy (non-hydrogen) atoms. The Morgan fingerprint density at radius 1 is 1.37 bits per heavy atom. The Bertz CT molecular complexity index is 914. The Kier molecular flexibility index (Phi) is 5.02. The van der Waals surface area contributed by atoms with Crippen molar-refractivity contribution in [2.75, 3.05) is 18.6 Å². The molecule has 1 aliphatic rings. The van der Waals surface area contributed by atoms with Crippen LogP contribution in [0.5, 0.6) is 11.5 Å². The first-order valence-electron chi connectivity index (χ1n) is 8.25. The third-order valence-corrected chi connectivity index (χ3v) is 4.14. The highest BCUT2D eigenvalue weighted by Gasteiger charge is 2.39. The Hall–Kier alpha value is -3.49. The van der Waals surface area contributed by atoms with Gasteiger partial charge in [0.1, 0.15) is 5.75 Å². The van der Waals surface area contributed by atoms with Gasteiger partial charge in [-0.1, -0.05) is 19.1 Å². The molecule has 1 atom stereocenters. The van der Waals surface area contributed by atoms with Gasteiger partial charge in [0, 0.05) is 11.6 Å². The van der Waals surface area contributed by atoms with Crippen molar-refractivity contribution >= 4 is 23.3 Å². The number of hydrogen-bond donors (Lipinski definition) is 0. The van der Waals surface area contributed by atoms with Crippen LogP contribution >= 0.6 is 0 Å². The smallest absolute Gasteiger partial charge is 0.366 e. The average molecular weight is 371 g/mol. The number of benzene rings is 1. The zero-order chi connectivity index (χ0) is 19.6. The molecule has 0 saturated carbocycles. The van der Waals surface area contributed by atoms with Crippen molar-refractivity contribution in [3.8, 4) is 11.5 Å². The lowest BCUT2D eigenvalue weighted by Gasteiger charge is -2.30. The highest BCUT2D eigenvalue weighted by Crippen LogP contribution is 2.34. The van der Waals surface area contributed by atoms with Gasteiger partial charge < -0.3 is 19.6 Å². The molecule has 9 nitrogen and oxygen atoms in total. The van der Waals surface area contributed by atoms with Crippen LogP contribution in [0, 0.1) is 10.1 Å². The fourth-order valence-corrected chi connectivity index (χ4v) is 2.74. The first kappa shape index (κ1) is 18.3. The van der Waals surface area contributed by atoms with E-state index in [1.54, 1.807) is 31.2 Å². The number of aromatic nitrogens is 1. The van der Waals surface area contributed by atoms with E-state index in [-0.39, 0.29) is 23.9 Å². The minimum Gasteiger partial charge on any atom is -0.497 e. The van der Waals surface area contributed by atoms with Gasteiger partial charge in [-0.25, -0.2) is 0 Å². The fourth-order valence-electron chi connectivity index (χ4n) is 2.74. The molecule has 0 fully saturated rings. The molecule has 0 bridgehead atoms. The molecule has 1 aliphatic heterocycles. The van der Waals surface area contributed by atoms with Crippen molar-refractivity contribution in [2.45, 2.75) is 19.4 Å². The Morgan fingerprint density at radius 2 is 2.15 bits per heavy atom. The molecular weight excluding hydrogens is 354 g/mol. The first-order valence-corrected chi connectivity index (χ1v) is 8.25. The van der Waals surface area contributed by atoms with Gasteiger partial charge in [0.05, 0.1) is 13.7 Å². The van der Waals surface area contributed by atoms with Gasteiger partial charge in [0.15, 0.2) is 17.6 Å². The highest BCUT2D eigenvalue weighted by atomic mass is 16.6. The Balaban J connectivity index is 1.97. The van der Waals surface area contributed by atoms with E-state index in [1.165, 1.54) is 19.2 Å². The van der Waals surface area contributed by atoms with Crippen molar-refractivity contribution in [3.05, 3.63) is 52.1 Å². The number of anilines is 1. The van der Waals surface area contributed by atoms with E-state index in [1.807, 2.05) is 0 Å². The third kappa shape index (κ3) is 3.57. The molecule has 1 aromatic heterocycles. The van der Waals surface area contributed by atoms with E-state index in [2.05, 4.69) is 4.98 Å². The predicted octanol–water partition coefficient (Wildman–Crippen LogP) is 2.39. The van der Waals surface area contributed by atoms with Crippen LogP contribution in [0.25, 0.3) is 0 Å². The molecule has 9 heteroatoms. The minimum absolute atomic E-state index is 0.0323. The van der Waals surface area contributed by atoms with Crippen LogP contribution in [0.15, 0.2) is 36.4 Å². The quantitative estimate of drug-likeness (QED) is 0.435. The van der Waals surface area contributed by atoms with E-state index < -0.39 is 22.8 Å². The molecule has 1 unspecified atom stereocenters. The zero-order valence-electron chi connectivity index (χ0n) is 14.7. The molecule has 2 heterocycles. The SMILES string of the molecule is CCC1Oc2ccc([N+](=O)[O-])nc2N(CC(=O)c2cccc(OC)c2)C1=O. The van der Waals surface area contributed by atoms with Crippen molar-refractivity contribution in [1.29, 1.82) is 0 Å². The van der Waals surface area contributed by atoms with Gasteiger partial charge in [-0.05, 0) is 34.5 Å². The monoisotopic (exact) mass is 371 g/mol. The second-order valence-corrected chi connectivity index (χ2v) is 5.84. The molecular formula is C18H17N3O6. The highest BCUT2D eigenvalue weighted by molar-refractivity contribution is 6.07. The fraction of sp³-hybridized carbons (Fsp3) is 0.278. The molecule has 0 spiro atoms. The lowest BCUT2D eigenvalue weighted by molar-refractivity contribution is -0.389. The number of carbonyl (C=O) groups excluding carboxylic acids is 2. The molecule has 0 aliphatic carbocycles. The number of carbonyl (C=O) groups is 2. The van der Waals surface area contributed by atoms with Crippen molar-refractivity contribution in [2.24, 2.45) is 0 Å². The molecule has 140 valence electrons. The number of Topliss-reactive ketones (excluding diaryl/α,β-unsaturated/α-hetero) is 1. The van der Waals surface area contributed by atoms with Gasteiger partial charge in [-0.15, -0.1) is 0 Å². The lowest BCUT2D eigenvalue weighted by Crippen LogP contribution is -2.48. The molecule has 1 amide bonds. The van der Waals surface area contributed by atoms with E-state index in [0.717, 1.165) is 4.90 Å². The molecule has 0 saturated heterocycles. The lowest BCUT2D eigenvalue weighted by atomic mass is 10.1. The third-order valence-electron chi connectivity index (χ3n) is 4.14. The summed E-state index contributed by atoms with van der Waals surface area (Å²) in [6.45, 7) is 1.46. The summed E-state index contributed by atoms with van der Waals surface area (Å²) in [5.41, 5.74) is 0.355. The van der Waals surface area contributed by atoms with Crippen LogP contribution in [0.3, 0.4) is 0 Å². The summed E-state index contributed by atoms with van der Waals surface area (Å²) in [6, 6.07) is 9.12. The number of pyridine rings is 1. The van der Waals surface area contributed by atoms with Crippen LogP contribution in [-0.4, -0.2) is 41.4 Å². The van der Waals surface area contributed by atoms with Crippen molar-refractivity contribution in [3.63, 3.8) is 0 Å². The van der Waals surface area contributed by atoms with Crippen LogP contribution in [0.1, 0.15) is 23.7 Å². The molecule has 3 rings (SSSR count). The predicted molar refractivity (Wildman–Crippen MR) is 95.3 cm³/mol.